The van der Waals surface area contributed by atoms with Crippen molar-refractivity contribution in [3.8, 4) is 5.69 Å². The topological polar surface area (TPSA) is 33.1 Å². The lowest BCUT2D eigenvalue weighted by atomic mass is 10.1. The Balaban J connectivity index is 1.65. The molecule has 1 aromatic heterocycles. The van der Waals surface area contributed by atoms with Crippen molar-refractivity contribution in [2.75, 3.05) is 20.1 Å². The summed E-state index contributed by atoms with van der Waals surface area (Å²) in [7, 11) is 2.21. The third-order valence-corrected chi connectivity index (χ3v) is 4.01. The summed E-state index contributed by atoms with van der Waals surface area (Å²) in [6, 6.07) is 13.1. The zero-order valence-corrected chi connectivity index (χ0v) is 12.0. The smallest absolute Gasteiger partial charge is 0.0769 e. The molecule has 1 fully saturated rings. The Kier molecular flexibility index (Phi) is 4.14. The van der Waals surface area contributed by atoms with Crippen LogP contribution in [0, 0.1) is 0 Å². The van der Waals surface area contributed by atoms with Crippen LogP contribution in [0.2, 0.25) is 0 Å². The average molecular weight is 270 g/mol. The molecule has 0 atom stereocenters. The van der Waals surface area contributed by atoms with Crippen molar-refractivity contribution in [3.05, 3.63) is 48.3 Å². The van der Waals surface area contributed by atoms with E-state index in [1.807, 2.05) is 29.1 Å². The van der Waals surface area contributed by atoms with Crippen LogP contribution in [0.25, 0.3) is 5.69 Å². The van der Waals surface area contributed by atoms with Crippen molar-refractivity contribution < 1.29 is 0 Å². The predicted octanol–water partition coefficient (Wildman–Crippen LogP) is 2.06. The van der Waals surface area contributed by atoms with Crippen LogP contribution in [-0.4, -0.2) is 40.9 Å². The maximum atomic E-state index is 4.67. The van der Waals surface area contributed by atoms with E-state index in [0.717, 1.165) is 31.0 Å². The van der Waals surface area contributed by atoms with Crippen molar-refractivity contribution >= 4 is 0 Å². The third kappa shape index (κ3) is 3.08. The minimum absolute atomic E-state index is 0.679. The zero-order chi connectivity index (χ0) is 13.8. The number of hydrogen-bond donors (Lipinski definition) is 1. The molecule has 4 nitrogen and oxygen atoms in total. The zero-order valence-electron chi connectivity index (χ0n) is 12.0. The number of aromatic nitrogens is 2. The maximum absolute atomic E-state index is 4.67. The SMILES string of the molecule is CN(Cc1ccn(-c2ccccc2)n1)C1CCNCC1. The summed E-state index contributed by atoms with van der Waals surface area (Å²) in [5.41, 5.74) is 2.25. The lowest BCUT2D eigenvalue weighted by molar-refractivity contribution is 0.189. The van der Waals surface area contributed by atoms with Crippen LogP contribution >= 0.6 is 0 Å². The Hall–Kier alpha value is -1.65. The lowest BCUT2D eigenvalue weighted by Crippen LogP contribution is -2.40. The number of piperidine rings is 1. The summed E-state index contributed by atoms with van der Waals surface area (Å²) < 4.78 is 1.95. The molecule has 1 N–H and O–H groups in total. The van der Waals surface area contributed by atoms with E-state index >= 15 is 0 Å². The quantitative estimate of drug-likeness (QED) is 0.923. The van der Waals surface area contributed by atoms with Crippen molar-refractivity contribution in [1.29, 1.82) is 0 Å². The van der Waals surface area contributed by atoms with Crippen LogP contribution in [0.4, 0.5) is 0 Å². The summed E-state index contributed by atoms with van der Waals surface area (Å²) in [6.07, 6.45) is 4.51. The molecule has 0 spiro atoms. The molecule has 0 amide bonds. The molecule has 20 heavy (non-hydrogen) atoms. The van der Waals surface area contributed by atoms with E-state index in [2.05, 4.69) is 40.6 Å². The van der Waals surface area contributed by atoms with Gasteiger partial charge in [-0.05, 0) is 51.2 Å². The van der Waals surface area contributed by atoms with Gasteiger partial charge in [-0.15, -0.1) is 0 Å². The molecule has 1 saturated heterocycles. The van der Waals surface area contributed by atoms with Gasteiger partial charge in [0.1, 0.15) is 0 Å². The standard InChI is InChI=1S/C16H22N4/c1-19(15-7-10-17-11-8-15)13-14-9-12-20(18-14)16-5-3-2-4-6-16/h2-6,9,12,15,17H,7-8,10-11,13H2,1H3. The number of para-hydroxylation sites is 1. The lowest BCUT2D eigenvalue weighted by Gasteiger charge is -2.31. The number of nitrogens with zero attached hydrogens (tertiary/aromatic N) is 3. The minimum atomic E-state index is 0.679. The van der Waals surface area contributed by atoms with Crippen LogP contribution in [0.1, 0.15) is 18.5 Å². The fourth-order valence-electron chi connectivity index (χ4n) is 2.80. The van der Waals surface area contributed by atoms with Crippen molar-refractivity contribution in [1.82, 2.24) is 20.0 Å². The van der Waals surface area contributed by atoms with Crippen molar-refractivity contribution in [2.45, 2.75) is 25.4 Å². The second-order valence-corrected chi connectivity index (χ2v) is 5.48. The molecule has 0 aliphatic carbocycles. The molecule has 0 bridgehead atoms. The Morgan fingerprint density at radius 3 is 2.70 bits per heavy atom. The highest BCUT2D eigenvalue weighted by atomic mass is 15.3. The first kappa shape index (κ1) is 13.3. The molecular formula is C16H22N4. The van der Waals surface area contributed by atoms with Gasteiger partial charge in [-0.25, -0.2) is 4.68 Å². The van der Waals surface area contributed by atoms with Gasteiger partial charge in [0.2, 0.25) is 0 Å². The summed E-state index contributed by atoms with van der Waals surface area (Å²) in [5, 5.41) is 8.09. The molecular weight excluding hydrogens is 248 g/mol. The van der Waals surface area contributed by atoms with Crippen molar-refractivity contribution in [3.63, 3.8) is 0 Å². The van der Waals surface area contributed by atoms with Gasteiger partial charge in [0.05, 0.1) is 11.4 Å². The van der Waals surface area contributed by atoms with Crippen LogP contribution in [0.3, 0.4) is 0 Å². The summed E-state index contributed by atoms with van der Waals surface area (Å²) in [5.74, 6) is 0. The maximum Gasteiger partial charge on any atom is 0.0769 e. The fraction of sp³-hybridized carbons (Fsp3) is 0.438. The van der Waals surface area contributed by atoms with E-state index in [0.29, 0.717) is 6.04 Å². The van der Waals surface area contributed by atoms with Gasteiger partial charge in [-0.1, -0.05) is 18.2 Å². The van der Waals surface area contributed by atoms with E-state index in [1.165, 1.54) is 12.8 Å². The Morgan fingerprint density at radius 2 is 1.95 bits per heavy atom. The average Bonchev–Trinajstić information content (AvgIpc) is 2.97. The highest BCUT2D eigenvalue weighted by Crippen LogP contribution is 2.13. The normalized spacial score (nSPS) is 16.7. The van der Waals surface area contributed by atoms with Gasteiger partial charge in [0.25, 0.3) is 0 Å². The van der Waals surface area contributed by atoms with E-state index in [1.54, 1.807) is 0 Å². The summed E-state index contributed by atoms with van der Waals surface area (Å²) >= 11 is 0. The van der Waals surface area contributed by atoms with Crippen LogP contribution in [-0.2, 0) is 6.54 Å². The Labute approximate surface area is 120 Å². The first-order valence-corrected chi connectivity index (χ1v) is 7.34. The summed E-state index contributed by atoms with van der Waals surface area (Å²) in [4.78, 5) is 2.43. The monoisotopic (exact) mass is 270 g/mol. The molecule has 1 aromatic carbocycles. The summed E-state index contributed by atoms with van der Waals surface area (Å²) in [6.45, 7) is 3.19. The van der Waals surface area contributed by atoms with E-state index in [4.69, 9.17) is 0 Å². The van der Waals surface area contributed by atoms with E-state index in [-0.39, 0.29) is 0 Å². The van der Waals surface area contributed by atoms with Gasteiger partial charge >= 0.3 is 0 Å². The van der Waals surface area contributed by atoms with E-state index in [9.17, 15) is 0 Å². The van der Waals surface area contributed by atoms with Gasteiger partial charge in [-0.2, -0.15) is 5.10 Å². The minimum Gasteiger partial charge on any atom is -0.317 e. The first-order chi connectivity index (χ1) is 9.83. The third-order valence-electron chi connectivity index (χ3n) is 4.01. The molecule has 0 radical (unpaired) electrons. The second kappa shape index (κ2) is 6.20. The van der Waals surface area contributed by atoms with Gasteiger partial charge in [0.15, 0.2) is 0 Å². The van der Waals surface area contributed by atoms with E-state index < -0.39 is 0 Å². The molecule has 1 aliphatic rings. The first-order valence-electron chi connectivity index (χ1n) is 7.34. The Bertz CT molecular complexity index is 528. The second-order valence-electron chi connectivity index (χ2n) is 5.48. The van der Waals surface area contributed by atoms with Gasteiger partial charge in [0, 0.05) is 18.8 Å². The molecule has 4 heteroatoms. The van der Waals surface area contributed by atoms with Gasteiger partial charge < -0.3 is 5.32 Å². The van der Waals surface area contributed by atoms with Crippen LogP contribution in [0.5, 0.6) is 0 Å². The Morgan fingerprint density at radius 1 is 1.20 bits per heavy atom. The highest BCUT2D eigenvalue weighted by molar-refractivity contribution is 5.30. The predicted molar refractivity (Wildman–Crippen MR) is 80.9 cm³/mol. The van der Waals surface area contributed by atoms with Crippen LogP contribution in [0.15, 0.2) is 42.6 Å². The number of nitrogens with one attached hydrogen (secondary N) is 1. The van der Waals surface area contributed by atoms with Gasteiger partial charge in [-0.3, -0.25) is 4.90 Å². The molecule has 1 aliphatic heterocycles. The highest BCUT2D eigenvalue weighted by Gasteiger charge is 2.18. The number of benzene rings is 1. The molecule has 106 valence electrons. The number of rotatable bonds is 4. The molecule has 2 aromatic rings. The molecule has 0 unspecified atom stereocenters. The number of hydrogen-bond acceptors (Lipinski definition) is 3. The van der Waals surface area contributed by atoms with Crippen molar-refractivity contribution in [2.24, 2.45) is 0 Å². The molecule has 2 heterocycles. The fourth-order valence-corrected chi connectivity index (χ4v) is 2.80. The van der Waals surface area contributed by atoms with Crippen LogP contribution < -0.4 is 5.32 Å². The molecule has 3 rings (SSSR count). The largest absolute Gasteiger partial charge is 0.317 e. The molecule has 0 saturated carbocycles.